The molecule has 0 fully saturated rings. The SMILES string of the molecule is CC1(C)C=CC(C)(c2ccccc2)C=C1. The zero-order valence-electron chi connectivity index (χ0n) is 9.70. The van der Waals surface area contributed by atoms with E-state index >= 15 is 0 Å². The third-order valence-corrected chi connectivity index (χ3v) is 3.11. The van der Waals surface area contributed by atoms with Gasteiger partial charge in [0, 0.05) is 10.8 Å². The Balaban J connectivity index is 2.36. The van der Waals surface area contributed by atoms with E-state index in [0.29, 0.717) is 0 Å². The molecule has 0 unspecified atom stereocenters. The van der Waals surface area contributed by atoms with Crippen LogP contribution in [0.15, 0.2) is 54.6 Å². The van der Waals surface area contributed by atoms with E-state index in [1.54, 1.807) is 0 Å². The van der Waals surface area contributed by atoms with Gasteiger partial charge in [0.2, 0.25) is 0 Å². The predicted octanol–water partition coefficient (Wildman–Crippen LogP) is 4.10. The van der Waals surface area contributed by atoms with Gasteiger partial charge in [-0.1, -0.05) is 68.5 Å². The summed E-state index contributed by atoms with van der Waals surface area (Å²) < 4.78 is 0. The quantitative estimate of drug-likeness (QED) is 0.596. The minimum atomic E-state index is 0.0662. The van der Waals surface area contributed by atoms with Crippen molar-refractivity contribution in [3.8, 4) is 0 Å². The average Bonchev–Trinajstić information content (AvgIpc) is 2.24. The van der Waals surface area contributed by atoms with Gasteiger partial charge in [0.05, 0.1) is 0 Å². The van der Waals surface area contributed by atoms with E-state index in [1.807, 2.05) is 0 Å². The van der Waals surface area contributed by atoms with Crippen LogP contribution in [0.5, 0.6) is 0 Å². The van der Waals surface area contributed by atoms with Gasteiger partial charge in [-0.15, -0.1) is 0 Å². The molecule has 15 heavy (non-hydrogen) atoms. The Kier molecular flexibility index (Phi) is 2.30. The summed E-state index contributed by atoms with van der Waals surface area (Å²) in [6.07, 6.45) is 9.20. The third-order valence-electron chi connectivity index (χ3n) is 3.11. The van der Waals surface area contributed by atoms with Gasteiger partial charge in [0.15, 0.2) is 0 Å². The monoisotopic (exact) mass is 198 g/mol. The lowest BCUT2D eigenvalue weighted by Crippen LogP contribution is -2.21. The zero-order valence-corrected chi connectivity index (χ0v) is 9.70. The van der Waals surface area contributed by atoms with E-state index in [-0.39, 0.29) is 10.8 Å². The molecule has 0 aromatic heterocycles. The second-order valence-electron chi connectivity index (χ2n) is 5.14. The molecule has 1 aromatic carbocycles. The Hall–Kier alpha value is -1.30. The maximum absolute atomic E-state index is 2.31. The van der Waals surface area contributed by atoms with Gasteiger partial charge in [-0.25, -0.2) is 0 Å². The lowest BCUT2D eigenvalue weighted by atomic mass is 9.74. The van der Waals surface area contributed by atoms with Gasteiger partial charge in [0.1, 0.15) is 0 Å². The summed E-state index contributed by atoms with van der Waals surface area (Å²) in [4.78, 5) is 0. The van der Waals surface area contributed by atoms with E-state index in [2.05, 4.69) is 75.4 Å². The molecule has 0 aliphatic heterocycles. The van der Waals surface area contributed by atoms with Crippen molar-refractivity contribution in [2.45, 2.75) is 26.2 Å². The maximum atomic E-state index is 2.31. The highest BCUT2D eigenvalue weighted by molar-refractivity contribution is 5.39. The molecule has 0 saturated heterocycles. The van der Waals surface area contributed by atoms with E-state index in [0.717, 1.165) is 0 Å². The molecule has 2 rings (SSSR count). The van der Waals surface area contributed by atoms with Crippen molar-refractivity contribution in [2.75, 3.05) is 0 Å². The van der Waals surface area contributed by atoms with Crippen molar-refractivity contribution >= 4 is 0 Å². The standard InChI is InChI=1S/C15H18/c1-14(2)9-11-15(3,12-10-14)13-7-5-4-6-8-13/h4-12H,1-3H3. The zero-order chi connectivity index (χ0) is 10.9. The van der Waals surface area contributed by atoms with Gasteiger partial charge in [-0.2, -0.15) is 0 Å². The number of rotatable bonds is 1. The Morgan fingerprint density at radius 3 is 1.80 bits per heavy atom. The second-order valence-corrected chi connectivity index (χ2v) is 5.14. The van der Waals surface area contributed by atoms with Crippen LogP contribution in [0.4, 0.5) is 0 Å². The molecule has 0 bridgehead atoms. The molecule has 0 nitrogen and oxygen atoms in total. The van der Waals surface area contributed by atoms with Gasteiger partial charge in [0.25, 0.3) is 0 Å². The van der Waals surface area contributed by atoms with Crippen molar-refractivity contribution in [1.29, 1.82) is 0 Å². The maximum Gasteiger partial charge on any atom is 0.0284 e. The van der Waals surface area contributed by atoms with Gasteiger partial charge < -0.3 is 0 Å². The van der Waals surface area contributed by atoms with Crippen LogP contribution in [0.1, 0.15) is 26.3 Å². The summed E-state index contributed by atoms with van der Waals surface area (Å²) in [7, 11) is 0. The van der Waals surface area contributed by atoms with Crippen molar-refractivity contribution in [1.82, 2.24) is 0 Å². The van der Waals surface area contributed by atoms with Crippen LogP contribution in [0.2, 0.25) is 0 Å². The van der Waals surface area contributed by atoms with Crippen LogP contribution in [-0.4, -0.2) is 0 Å². The second kappa shape index (κ2) is 3.37. The van der Waals surface area contributed by atoms with Crippen LogP contribution in [0.3, 0.4) is 0 Å². The first kappa shape index (κ1) is 10.2. The molecule has 1 aromatic rings. The lowest BCUT2D eigenvalue weighted by molar-refractivity contribution is 0.580. The first-order valence-corrected chi connectivity index (χ1v) is 5.48. The Morgan fingerprint density at radius 2 is 1.27 bits per heavy atom. The Morgan fingerprint density at radius 1 is 0.733 bits per heavy atom. The minimum Gasteiger partial charge on any atom is -0.0779 e. The summed E-state index contributed by atoms with van der Waals surface area (Å²) in [6.45, 7) is 6.71. The van der Waals surface area contributed by atoms with Crippen LogP contribution < -0.4 is 0 Å². The highest BCUT2D eigenvalue weighted by Gasteiger charge is 2.25. The van der Waals surface area contributed by atoms with Crippen molar-refractivity contribution in [2.24, 2.45) is 5.41 Å². The summed E-state index contributed by atoms with van der Waals surface area (Å²) >= 11 is 0. The van der Waals surface area contributed by atoms with E-state index < -0.39 is 0 Å². The fraction of sp³-hybridized carbons (Fsp3) is 0.333. The van der Waals surface area contributed by atoms with Crippen molar-refractivity contribution in [3.63, 3.8) is 0 Å². The summed E-state index contributed by atoms with van der Waals surface area (Å²) in [5.41, 5.74) is 1.62. The highest BCUT2D eigenvalue weighted by atomic mass is 14.3. The van der Waals surface area contributed by atoms with Crippen molar-refractivity contribution < 1.29 is 0 Å². The molecule has 0 N–H and O–H groups in total. The largest absolute Gasteiger partial charge is 0.0779 e. The number of hydrogen-bond donors (Lipinski definition) is 0. The molecular weight excluding hydrogens is 180 g/mol. The molecular formula is C15H18. The smallest absolute Gasteiger partial charge is 0.0284 e. The average molecular weight is 198 g/mol. The van der Waals surface area contributed by atoms with Crippen LogP contribution in [0, 0.1) is 5.41 Å². The Labute approximate surface area is 92.3 Å². The minimum absolute atomic E-state index is 0.0662. The van der Waals surface area contributed by atoms with Gasteiger partial charge in [-0.05, 0) is 12.5 Å². The normalized spacial score (nSPS) is 21.5. The lowest BCUT2D eigenvalue weighted by Gasteiger charge is -2.30. The molecule has 78 valence electrons. The first-order valence-electron chi connectivity index (χ1n) is 5.48. The molecule has 0 heteroatoms. The van der Waals surface area contributed by atoms with E-state index in [1.165, 1.54) is 5.56 Å². The van der Waals surface area contributed by atoms with Crippen molar-refractivity contribution in [3.05, 3.63) is 60.2 Å². The van der Waals surface area contributed by atoms with E-state index in [9.17, 15) is 0 Å². The van der Waals surface area contributed by atoms with Crippen LogP contribution in [-0.2, 0) is 5.41 Å². The molecule has 0 amide bonds. The number of allylic oxidation sites excluding steroid dienone is 4. The summed E-state index contributed by atoms with van der Waals surface area (Å²) in [5, 5.41) is 0. The molecule has 0 atom stereocenters. The number of benzene rings is 1. The van der Waals surface area contributed by atoms with Crippen LogP contribution in [0.25, 0.3) is 0 Å². The molecule has 0 radical (unpaired) electrons. The third kappa shape index (κ3) is 2.04. The summed E-state index contributed by atoms with van der Waals surface area (Å²) in [5.74, 6) is 0. The first-order chi connectivity index (χ1) is 7.02. The molecule has 1 aliphatic rings. The molecule has 1 aliphatic carbocycles. The highest BCUT2D eigenvalue weighted by Crippen LogP contribution is 2.35. The Bertz CT molecular complexity index is 377. The van der Waals surface area contributed by atoms with Gasteiger partial charge >= 0.3 is 0 Å². The fourth-order valence-corrected chi connectivity index (χ4v) is 1.88. The molecule has 0 spiro atoms. The topological polar surface area (TPSA) is 0 Å². The summed E-state index contributed by atoms with van der Waals surface area (Å²) in [6, 6.07) is 10.6. The molecule has 0 saturated carbocycles. The fourth-order valence-electron chi connectivity index (χ4n) is 1.88. The predicted molar refractivity (Wildman–Crippen MR) is 65.9 cm³/mol. The number of hydrogen-bond acceptors (Lipinski definition) is 0. The van der Waals surface area contributed by atoms with Gasteiger partial charge in [-0.3, -0.25) is 0 Å². The van der Waals surface area contributed by atoms with E-state index in [4.69, 9.17) is 0 Å². The molecule has 0 heterocycles. The van der Waals surface area contributed by atoms with Crippen LogP contribution >= 0.6 is 0 Å².